The van der Waals surface area contributed by atoms with E-state index in [1.54, 1.807) is 54.0 Å². The number of hydrogen-bond acceptors (Lipinski definition) is 6. The van der Waals surface area contributed by atoms with Crippen LogP contribution in [0.25, 0.3) is 11.0 Å². The molecule has 172 valence electrons. The first-order chi connectivity index (χ1) is 16.3. The van der Waals surface area contributed by atoms with Gasteiger partial charge in [-0.2, -0.15) is 0 Å². The molecule has 0 spiro atoms. The van der Waals surface area contributed by atoms with Crippen LogP contribution in [0.15, 0.2) is 68.8 Å². The maximum Gasteiger partial charge on any atom is 0.312 e. The molecule has 1 atom stereocenters. The van der Waals surface area contributed by atoms with Gasteiger partial charge in [0.25, 0.3) is 5.56 Å². The second kappa shape index (κ2) is 8.50. The summed E-state index contributed by atoms with van der Waals surface area (Å²) in [6.07, 6.45) is 1.71. The number of carbonyl (C=O) groups is 1. The highest BCUT2D eigenvalue weighted by molar-refractivity contribution is 6.31. The zero-order chi connectivity index (χ0) is 24.0. The fraction of sp³-hybridized carbons (Fsp3) is 0.192. The fourth-order valence-electron chi connectivity index (χ4n) is 4.40. The van der Waals surface area contributed by atoms with Crippen molar-refractivity contribution in [1.29, 1.82) is 0 Å². The lowest BCUT2D eigenvalue weighted by molar-refractivity contribution is -0.135. The molecule has 34 heavy (non-hydrogen) atoms. The number of ether oxygens (including phenoxy) is 1. The van der Waals surface area contributed by atoms with E-state index in [9.17, 15) is 19.5 Å². The summed E-state index contributed by atoms with van der Waals surface area (Å²) in [6.45, 7) is 2.15. The first-order valence-corrected chi connectivity index (χ1v) is 11.1. The Balaban J connectivity index is 1.61. The Bertz CT molecular complexity index is 1550. The van der Waals surface area contributed by atoms with Gasteiger partial charge in [-0.25, -0.2) is 0 Å². The number of fused-ring (bicyclic) bond motifs is 2. The minimum atomic E-state index is -0.802. The number of nitrogens with zero attached hydrogens (tertiary/aromatic N) is 1. The van der Waals surface area contributed by atoms with Crippen LogP contribution >= 0.6 is 11.6 Å². The summed E-state index contributed by atoms with van der Waals surface area (Å²) in [6, 6.07) is 13.2. The highest BCUT2D eigenvalue weighted by Gasteiger charge is 2.34. The Labute approximate surface area is 198 Å². The van der Waals surface area contributed by atoms with E-state index in [1.165, 1.54) is 12.3 Å². The molecule has 1 aliphatic rings. The first-order valence-electron chi connectivity index (χ1n) is 10.8. The molecule has 7 nitrogen and oxygen atoms in total. The zero-order valence-electron chi connectivity index (χ0n) is 18.2. The molecule has 0 amide bonds. The van der Waals surface area contributed by atoms with Gasteiger partial charge < -0.3 is 18.8 Å². The average molecular weight is 478 g/mol. The van der Waals surface area contributed by atoms with Gasteiger partial charge in [0, 0.05) is 34.8 Å². The average Bonchev–Trinajstić information content (AvgIpc) is 2.80. The first kappa shape index (κ1) is 22.0. The number of carbonyl (C=O) groups excluding carboxylic acids is 1. The van der Waals surface area contributed by atoms with Crippen LogP contribution in [0.3, 0.4) is 0 Å². The third-order valence-electron chi connectivity index (χ3n) is 6.15. The lowest BCUT2D eigenvalue weighted by Crippen LogP contribution is -2.35. The number of benzene rings is 2. The van der Waals surface area contributed by atoms with Crippen LogP contribution < -0.4 is 15.7 Å². The summed E-state index contributed by atoms with van der Waals surface area (Å²) in [7, 11) is 0. The molecule has 3 heterocycles. The van der Waals surface area contributed by atoms with Crippen molar-refractivity contribution in [1.82, 2.24) is 4.57 Å². The largest absolute Gasteiger partial charge is 0.508 e. The lowest BCUT2D eigenvalue weighted by atomic mass is 9.87. The number of halogens is 1. The number of aryl methyl sites for hydroxylation is 2. The molecule has 8 heteroatoms. The summed E-state index contributed by atoms with van der Waals surface area (Å²) >= 11 is 6.07. The molecule has 1 aliphatic heterocycles. The van der Waals surface area contributed by atoms with Crippen molar-refractivity contribution in [2.45, 2.75) is 32.2 Å². The maximum atomic E-state index is 13.6. The smallest absolute Gasteiger partial charge is 0.312 e. The monoisotopic (exact) mass is 477 g/mol. The van der Waals surface area contributed by atoms with Crippen molar-refractivity contribution in [3.05, 3.63) is 103 Å². The third-order valence-corrected chi connectivity index (χ3v) is 6.38. The number of phenolic OH excluding ortho intramolecular Hbond substituents is 1. The predicted octanol–water partition coefficient (Wildman–Crippen LogP) is 4.31. The van der Waals surface area contributed by atoms with E-state index in [0.717, 1.165) is 5.56 Å². The van der Waals surface area contributed by atoms with Crippen LogP contribution in [0.5, 0.6) is 11.5 Å². The van der Waals surface area contributed by atoms with Crippen molar-refractivity contribution in [3.63, 3.8) is 0 Å². The van der Waals surface area contributed by atoms with Crippen LogP contribution in [-0.2, 0) is 17.8 Å². The molecule has 0 bridgehead atoms. The minimum Gasteiger partial charge on any atom is -0.508 e. The quantitative estimate of drug-likeness (QED) is 0.440. The highest BCUT2D eigenvalue weighted by Crippen LogP contribution is 2.36. The van der Waals surface area contributed by atoms with E-state index in [1.807, 2.05) is 0 Å². The normalized spacial score (nSPS) is 15.2. The Morgan fingerprint density at radius 1 is 1.09 bits per heavy atom. The maximum absolute atomic E-state index is 13.6. The zero-order valence-corrected chi connectivity index (χ0v) is 19.0. The van der Waals surface area contributed by atoms with E-state index in [0.29, 0.717) is 29.3 Å². The summed E-state index contributed by atoms with van der Waals surface area (Å²) in [5, 5.41) is 10.2. The van der Waals surface area contributed by atoms with Gasteiger partial charge in [0.1, 0.15) is 17.1 Å². The van der Waals surface area contributed by atoms with Gasteiger partial charge in [-0.15, -0.1) is 0 Å². The van der Waals surface area contributed by atoms with Gasteiger partial charge >= 0.3 is 5.97 Å². The van der Waals surface area contributed by atoms with Gasteiger partial charge in [-0.1, -0.05) is 23.7 Å². The van der Waals surface area contributed by atoms with E-state index in [-0.39, 0.29) is 45.4 Å². The molecule has 0 unspecified atom stereocenters. The van der Waals surface area contributed by atoms with E-state index >= 15 is 0 Å². The summed E-state index contributed by atoms with van der Waals surface area (Å²) in [4.78, 5) is 39.3. The van der Waals surface area contributed by atoms with Gasteiger partial charge in [0.15, 0.2) is 5.43 Å². The number of esters is 1. The van der Waals surface area contributed by atoms with Crippen LogP contribution in [0.2, 0.25) is 5.02 Å². The molecule has 0 aliphatic carbocycles. The number of aromatic nitrogens is 1. The van der Waals surface area contributed by atoms with E-state index < -0.39 is 11.9 Å². The molecule has 0 radical (unpaired) electrons. The molecule has 0 fully saturated rings. The second-order valence-corrected chi connectivity index (χ2v) is 8.76. The SMILES string of the molecule is Cc1cc2c(c(=O)n1CCc1ccc(O)cc1)[C@H](c1coc3ccc(Cl)cc3c1=O)CC(=O)O2. The van der Waals surface area contributed by atoms with Crippen LogP contribution in [0, 0.1) is 6.92 Å². The highest BCUT2D eigenvalue weighted by atomic mass is 35.5. The van der Waals surface area contributed by atoms with Crippen LogP contribution in [0.1, 0.15) is 34.7 Å². The number of hydrogen-bond donors (Lipinski definition) is 1. The Morgan fingerprint density at radius 2 is 1.85 bits per heavy atom. The van der Waals surface area contributed by atoms with E-state index in [4.69, 9.17) is 20.8 Å². The Kier molecular flexibility index (Phi) is 5.49. The van der Waals surface area contributed by atoms with Crippen molar-refractivity contribution >= 4 is 28.5 Å². The fourth-order valence-corrected chi connectivity index (χ4v) is 4.57. The van der Waals surface area contributed by atoms with E-state index in [2.05, 4.69) is 0 Å². The molecule has 2 aromatic carbocycles. The van der Waals surface area contributed by atoms with Crippen molar-refractivity contribution in [3.8, 4) is 11.5 Å². The second-order valence-electron chi connectivity index (χ2n) is 8.33. The van der Waals surface area contributed by atoms with Crippen LogP contribution in [0.4, 0.5) is 0 Å². The van der Waals surface area contributed by atoms with Crippen LogP contribution in [-0.4, -0.2) is 15.6 Å². The summed E-state index contributed by atoms with van der Waals surface area (Å²) in [5.74, 6) is -0.992. The number of rotatable bonds is 4. The van der Waals surface area contributed by atoms with Crippen molar-refractivity contribution in [2.24, 2.45) is 0 Å². The Morgan fingerprint density at radius 3 is 2.62 bits per heavy atom. The Hall–Kier alpha value is -3.84. The summed E-state index contributed by atoms with van der Waals surface area (Å²) in [5.41, 5.74) is 1.75. The molecule has 1 N–H and O–H groups in total. The topological polar surface area (TPSA) is 98.7 Å². The third kappa shape index (κ3) is 3.88. The van der Waals surface area contributed by atoms with Gasteiger partial charge in [0.2, 0.25) is 0 Å². The minimum absolute atomic E-state index is 0.153. The predicted molar refractivity (Wildman–Crippen MR) is 127 cm³/mol. The van der Waals surface area contributed by atoms with Gasteiger partial charge in [0.05, 0.1) is 23.6 Å². The molecule has 0 saturated carbocycles. The standard InChI is InChI=1S/C26H20ClNO6/c1-14-10-22-24(26(32)28(14)9-8-15-2-5-17(29)6-3-15)18(12-23(30)34-22)20-13-33-21-7-4-16(27)11-19(21)25(20)31/h2-7,10-11,13,18,29H,8-9,12H2,1H3/t18-/m0/s1. The van der Waals surface area contributed by atoms with Crippen molar-refractivity contribution in [2.75, 3.05) is 0 Å². The molecule has 0 saturated heterocycles. The lowest BCUT2D eigenvalue weighted by Gasteiger charge is -2.25. The number of phenols is 1. The van der Waals surface area contributed by atoms with Gasteiger partial charge in [-0.05, 0) is 49.2 Å². The van der Waals surface area contributed by atoms with Gasteiger partial charge in [-0.3, -0.25) is 14.4 Å². The summed E-state index contributed by atoms with van der Waals surface area (Å²) < 4.78 is 12.6. The molecule has 2 aromatic heterocycles. The van der Waals surface area contributed by atoms with Crippen molar-refractivity contribution < 1.29 is 19.1 Å². The number of aromatic hydroxyl groups is 1. The molecule has 5 rings (SSSR count). The molecular weight excluding hydrogens is 458 g/mol. The molecular formula is C26H20ClNO6. The number of pyridine rings is 1. The molecule has 4 aromatic rings.